The topological polar surface area (TPSA) is 24.3 Å². The van der Waals surface area contributed by atoms with Gasteiger partial charge in [0.1, 0.15) is 5.82 Å². The van der Waals surface area contributed by atoms with E-state index in [1.54, 1.807) is 23.5 Å². The molecule has 4 aromatic rings. The van der Waals surface area contributed by atoms with E-state index in [2.05, 4.69) is 27.7 Å². The number of nitrogens with zero attached hydrogens (tertiary/aromatic N) is 4. The van der Waals surface area contributed by atoms with Gasteiger partial charge in [0.05, 0.1) is 15.7 Å². The van der Waals surface area contributed by atoms with Crippen LogP contribution in [0.1, 0.15) is 11.3 Å². The number of hydrogen-bond donors (Lipinski definition) is 0. The Hall–Kier alpha value is -2.60. The molecular formula is C21H21FN4S. The molecule has 0 bridgehead atoms. The van der Waals surface area contributed by atoms with Crippen molar-refractivity contribution in [2.45, 2.75) is 13.0 Å². The minimum Gasteiger partial charge on any atom is -0.367 e. The zero-order chi connectivity index (χ0) is 18.7. The first-order valence-electron chi connectivity index (χ1n) is 9.10. The van der Waals surface area contributed by atoms with Gasteiger partial charge in [0.25, 0.3) is 0 Å². The van der Waals surface area contributed by atoms with Gasteiger partial charge in [-0.05, 0) is 36.4 Å². The van der Waals surface area contributed by atoms with E-state index in [9.17, 15) is 4.39 Å². The minimum absolute atomic E-state index is 0.178. The number of anilines is 2. The molecular weight excluding hydrogens is 359 g/mol. The fraction of sp³-hybridized carbons (Fsp3) is 0.286. The van der Waals surface area contributed by atoms with Crippen LogP contribution in [0, 0.1) is 5.82 Å². The van der Waals surface area contributed by atoms with Crippen molar-refractivity contribution in [3.63, 3.8) is 0 Å². The normalized spacial score (nSPS) is 14.1. The molecule has 0 fully saturated rings. The predicted octanol–water partition coefficient (Wildman–Crippen LogP) is 4.56. The molecule has 138 valence electrons. The monoisotopic (exact) mass is 380 g/mol. The van der Waals surface area contributed by atoms with Crippen LogP contribution in [0.15, 0.2) is 36.4 Å². The third kappa shape index (κ3) is 2.58. The Bertz CT molecular complexity index is 1170. The number of rotatable bonds is 2. The number of aromatic nitrogens is 2. The lowest BCUT2D eigenvalue weighted by Crippen LogP contribution is -2.30. The first kappa shape index (κ1) is 16.6. The zero-order valence-corrected chi connectivity index (χ0v) is 16.5. The molecule has 5 rings (SSSR count). The van der Waals surface area contributed by atoms with Gasteiger partial charge < -0.3 is 14.4 Å². The number of thiazole rings is 1. The molecule has 0 amide bonds. The fourth-order valence-corrected chi connectivity index (χ4v) is 4.93. The highest BCUT2D eigenvalue weighted by molar-refractivity contribution is 7.22. The third-order valence-electron chi connectivity index (χ3n) is 5.47. The standard InChI is InChI=1S/C21H21FN4S/c1-24(2)21-23-17-11-14(5-7-20(17)27-21)26-9-8-18-16(12-26)15-6-4-13(22)10-19(15)25(18)3/h4-7,10-11H,8-9,12H2,1-3H3. The summed E-state index contributed by atoms with van der Waals surface area (Å²) in [5, 5.41) is 2.18. The number of aryl methyl sites for hydroxylation is 1. The molecule has 1 aliphatic heterocycles. The van der Waals surface area contributed by atoms with Crippen molar-refractivity contribution in [3.8, 4) is 0 Å². The summed E-state index contributed by atoms with van der Waals surface area (Å²) in [6.07, 6.45) is 0.959. The van der Waals surface area contributed by atoms with E-state index in [-0.39, 0.29) is 5.82 Å². The smallest absolute Gasteiger partial charge is 0.185 e. The Morgan fingerprint density at radius 3 is 2.81 bits per heavy atom. The summed E-state index contributed by atoms with van der Waals surface area (Å²) in [5.74, 6) is -0.178. The first-order chi connectivity index (χ1) is 13.0. The molecule has 6 heteroatoms. The molecule has 0 atom stereocenters. The molecule has 2 aromatic heterocycles. The van der Waals surface area contributed by atoms with E-state index < -0.39 is 0 Å². The summed E-state index contributed by atoms with van der Waals surface area (Å²) in [6, 6.07) is 11.7. The van der Waals surface area contributed by atoms with Crippen LogP contribution in [0.5, 0.6) is 0 Å². The summed E-state index contributed by atoms with van der Waals surface area (Å²) >= 11 is 1.71. The summed E-state index contributed by atoms with van der Waals surface area (Å²) < 4.78 is 17.1. The van der Waals surface area contributed by atoms with Crippen LogP contribution >= 0.6 is 11.3 Å². The molecule has 0 saturated heterocycles. The van der Waals surface area contributed by atoms with Gasteiger partial charge >= 0.3 is 0 Å². The predicted molar refractivity (Wildman–Crippen MR) is 112 cm³/mol. The van der Waals surface area contributed by atoms with E-state index in [1.165, 1.54) is 21.6 Å². The summed E-state index contributed by atoms with van der Waals surface area (Å²) in [5.41, 5.74) is 5.85. The number of fused-ring (bicyclic) bond motifs is 4. The minimum atomic E-state index is -0.178. The van der Waals surface area contributed by atoms with Gasteiger partial charge in [-0.2, -0.15) is 0 Å². The van der Waals surface area contributed by atoms with E-state index in [1.807, 2.05) is 32.1 Å². The van der Waals surface area contributed by atoms with E-state index >= 15 is 0 Å². The van der Waals surface area contributed by atoms with E-state index in [0.29, 0.717) is 0 Å². The second-order valence-electron chi connectivity index (χ2n) is 7.36. The second-order valence-corrected chi connectivity index (χ2v) is 8.37. The van der Waals surface area contributed by atoms with Gasteiger partial charge in [-0.25, -0.2) is 9.37 Å². The average Bonchev–Trinajstić information content (AvgIpc) is 3.21. The Balaban J connectivity index is 1.54. The highest BCUT2D eigenvalue weighted by atomic mass is 32.1. The van der Waals surface area contributed by atoms with Crippen molar-refractivity contribution < 1.29 is 4.39 Å². The van der Waals surface area contributed by atoms with Crippen LogP contribution in [-0.4, -0.2) is 30.2 Å². The highest BCUT2D eigenvalue weighted by Crippen LogP contribution is 2.35. The Labute approximate surface area is 161 Å². The summed E-state index contributed by atoms with van der Waals surface area (Å²) in [4.78, 5) is 9.20. The molecule has 27 heavy (non-hydrogen) atoms. The Morgan fingerprint density at radius 2 is 2.00 bits per heavy atom. The van der Waals surface area contributed by atoms with Gasteiger partial charge in [-0.3, -0.25) is 0 Å². The van der Waals surface area contributed by atoms with Gasteiger partial charge in [0.2, 0.25) is 0 Å². The number of halogens is 1. The molecule has 0 radical (unpaired) electrons. The maximum atomic E-state index is 13.7. The van der Waals surface area contributed by atoms with Crippen molar-refractivity contribution in [1.82, 2.24) is 9.55 Å². The fourth-order valence-electron chi connectivity index (χ4n) is 4.06. The molecule has 4 nitrogen and oxygen atoms in total. The first-order valence-corrected chi connectivity index (χ1v) is 9.91. The summed E-state index contributed by atoms with van der Waals surface area (Å²) in [6.45, 7) is 1.80. The molecule has 3 heterocycles. The van der Waals surface area contributed by atoms with Gasteiger partial charge in [-0.1, -0.05) is 11.3 Å². The SMILES string of the molecule is CN(C)c1nc2cc(N3CCc4c(c5ccc(F)cc5n4C)C3)ccc2s1. The van der Waals surface area contributed by atoms with Crippen molar-refractivity contribution in [1.29, 1.82) is 0 Å². The van der Waals surface area contributed by atoms with Crippen molar-refractivity contribution in [2.24, 2.45) is 7.05 Å². The third-order valence-corrected chi connectivity index (χ3v) is 6.68. The average molecular weight is 380 g/mol. The molecule has 2 aromatic carbocycles. The van der Waals surface area contributed by atoms with Crippen molar-refractivity contribution in [3.05, 3.63) is 53.5 Å². The zero-order valence-electron chi connectivity index (χ0n) is 15.7. The van der Waals surface area contributed by atoms with Crippen molar-refractivity contribution in [2.75, 3.05) is 30.4 Å². The van der Waals surface area contributed by atoms with E-state index in [0.717, 1.165) is 41.1 Å². The lowest BCUT2D eigenvalue weighted by atomic mass is 10.0. The highest BCUT2D eigenvalue weighted by Gasteiger charge is 2.23. The van der Waals surface area contributed by atoms with E-state index in [4.69, 9.17) is 4.98 Å². The molecule has 0 spiro atoms. The molecule has 0 saturated carbocycles. The van der Waals surface area contributed by atoms with Crippen LogP contribution in [0.4, 0.5) is 15.2 Å². The molecule has 0 unspecified atom stereocenters. The van der Waals surface area contributed by atoms with Gasteiger partial charge in [-0.15, -0.1) is 0 Å². The Kier molecular flexibility index (Phi) is 3.65. The second kappa shape index (κ2) is 5.96. The number of benzene rings is 2. The summed E-state index contributed by atoms with van der Waals surface area (Å²) in [7, 11) is 6.09. The van der Waals surface area contributed by atoms with Crippen LogP contribution in [0.3, 0.4) is 0 Å². The van der Waals surface area contributed by atoms with Crippen LogP contribution in [0.25, 0.3) is 21.1 Å². The number of hydrogen-bond acceptors (Lipinski definition) is 4. The maximum Gasteiger partial charge on any atom is 0.185 e. The van der Waals surface area contributed by atoms with Crippen LogP contribution < -0.4 is 9.80 Å². The van der Waals surface area contributed by atoms with Gasteiger partial charge in [0.15, 0.2) is 5.13 Å². The van der Waals surface area contributed by atoms with Crippen molar-refractivity contribution >= 4 is 43.3 Å². The maximum absolute atomic E-state index is 13.7. The molecule has 1 aliphatic rings. The molecule has 0 N–H and O–H groups in total. The van der Waals surface area contributed by atoms with Gasteiger partial charge in [0, 0.05) is 63.0 Å². The van der Waals surface area contributed by atoms with Crippen LogP contribution in [-0.2, 0) is 20.0 Å². The molecule has 0 aliphatic carbocycles. The van der Waals surface area contributed by atoms with Crippen LogP contribution in [0.2, 0.25) is 0 Å². The Morgan fingerprint density at radius 1 is 1.15 bits per heavy atom. The largest absolute Gasteiger partial charge is 0.367 e. The lowest BCUT2D eigenvalue weighted by molar-refractivity contribution is 0.628. The quantitative estimate of drug-likeness (QED) is 0.510. The lowest BCUT2D eigenvalue weighted by Gasteiger charge is -2.30.